The molecule has 0 atom stereocenters. The van der Waals surface area contributed by atoms with Gasteiger partial charge in [-0.3, -0.25) is 0 Å². The molecule has 12 heavy (non-hydrogen) atoms. The molecule has 1 aliphatic heterocycles. The molecule has 0 bridgehead atoms. The number of rotatable bonds is 0. The number of hydrogen-bond donors (Lipinski definition) is 0. The highest BCUT2D eigenvalue weighted by atomic mass is 28.3. The molecule has 0 radical (unpaired) electrons. The number of nitriles is 1. The second-order valence-electron chi connectivity index (χ2n) is 5.00. The SMILES string of the molecule is CC(C)(C)[Si]1(C#N)CCCCC1. The Morgan fingerprint density at radius 3 is 1.83 bits per heavy atom. The molecule has 0 saturated carbocycles. The van der Waals surface area contributed by atoms with Crippen LogP contribution in [0, 0.1) is 11.0 Å². The van der Waals surface area contributed by atoms with Crippen LogP contribution in [0.1, 0.15) is 40.0 Å². The number of hydrogen-bond acceptors (Lipinski definition) is 1. The summed E-state index contributed by atoms with van der Waals surface area (Å²) in [6, 6.07) is 2.49. The summed E-state index contributed by atoms with van der Waals surface area (Å²) in [5.74, 6) is 0. The highest BCUT2D eigenvalue weighted by Crippen LogP contribution is 2.45. The van der Waals surface area contributed by atoms with Gasteiger partial charge in [-0.15, -0.1) is 0 Å². The summed E-state index contributed by atoms with van der Waals surface area (Å²) >= 11 is 0. The van der Waals surface area contributed by atoms with E-state index in [0.29, 0.717) is 5.04 Å². The van der Waals surface area contributed by atoms with Crippen molar-refractivity contribution in [2.75, 3.05) is 0 Å². The third-order valence-electron chi connectivity index (χ3n) is 3.36. The maximum Gasteiger partial charge on any atom is 0.179 e. The van der Waals surface area contributed by atoms with Gasteiger partial charge in [-0.05, 0) is 17.1 Å². The first-order valence-corrected chi connectivity index (χ1v) is 7.34. The zero-order valence-electron chi connectivity index (χ0n) is 8.48. The van der Waals surface area contributed by atoms with Gasteiger partial charge in [0.15, 0.2) is 8.07 Å². The van der Waals surface area contributed by atoms with Gasteiger partial charge in [0.1, 0.15) is 0 Å². The Kier molecular flexibility index (Phi) is 2.63. The van der Waals surface area contributed by atoms with Crippen LogP contribution in [0.15, 0.2) is 0 Å². The van der Waals surface area contributed by atoms with Crippen LogP contribution in [0.25, 0.3) is 0 Å². The molecule has 0 aromatic carbocycles. The summed E-state index contributed by atoms with van der Waals surface area (Å²) in [4.78, 5) is 0. The van der Waals surface area contributed by atoms with E-state index in [4.69, 9.17) is 0 Å². The van der Waals surface area contributed by atoms with Gasteiger partial charge in [-0.25, -0.2) is 5.26 Å². The van der Waals surface area contributed by atoms with Crippen molar-refractivity contribution in [2.45, 2.75) is 57.2 Å². The average molecular weight is 181 g/mol. The van der Waals surface area contributed by atoms with Gasteiger partial charge in [0.25, 0.3) is 0 Å². The quantitative estimate of drug-likeness (QED) is 0.525. The Morgan fingerprint density at radius 1 is 1.08 bits per heavy atom. The Bertz CT molecular complexity index is 191. The summed E-state index contributed by atoms with van der Waals surface area (Å²) in [5, 5.41) is 9.58. The van der Waals surface area contributed by atoms with Crippen molar-refractivity contribution in [3.63, 3.8) is 0 Å². The van der Waals surface area contributed by atoms with E-state index >= 15 is 0 Å². The first-order chi connectivity index (χ1) is 5.52. The largest absolute Gasteiger partial charge is 0.207 e. The molecule has 0 aromatic rings. The summed E-state index contributed by atoms with van der Waals surface area (Å²) in [6.07, 6.45) is 3.96. The lowest BCUT2D eigenvalue weighted by molar-refractivity contribution is 0.640. The van der Waals surface area contributed by atoms with Gasteiger partial charge in [0.05, 0.1) is 0 Å². The number of nitrogens with zero attached hydrogens (tertiary/aromatic N) is 1. The zero-order chi connectivity index (χ0) is 9.24. The van der Waals surface area contributed by atoms with E-state index in [1.807, 2.05) is 0 Å². The highest BCUT2D eigenvalue weighted by Gasteiger charge is 2.45. The first kappa shape index (κ1) is 9.79. The lowest BCUT2D eigenvalue weighted by Gasteiger charge is -2.39. The second kappa shape index (κ2) is 3.22. The molecule has 0 amide bonds. The van der Waals surface area contributed by atoms with Gasteiger partial charge < -0.3 is 0 Å². The van der Waals surface area contributed by atoms with Crippen LogP contribution in [0.5, 0.6) is 0 Å². The summed E-state index contributed by atoms with van der Waals surface area (Å²) in [7, 11) is -1.55. The Morgan fingerprint density at radius 2 is 1.58 bits per heavy atom. The van der Waals surface area contributed by atoms with Crippen molar-refractivity contribution in [1.82, 2.24) is 0 Å². The molecular weight excluding hydrogens is 162 g/mol. The lowest BCUT2D eigenvalue weighted by atomic mass is 10.2. The van der Waals surface area contributed by atoms with E-state index in [2.05, 4.69) is 26.5 Å². The van der Waals surface area contributed by atoms with Gasteiger partial charge in [0, 0.05) is 5.69 Å². The Labute approximate surface area is 76.8 Å². The zero-order valence-corrected chi connectivity index (χ0v) is 9.48. The summed E-state index contributed by atoms with van der Waals surface area (Å²) < 4.78 is 0. The van der Waals surface area contributed by atoms with Crippen LogP contribution >= 0.6 is 0 Å². The molecule has 0 aliphatic carbocycles. The van der Waals surface area contributed by atoms with Crippen molar-refractivity contribution < 1.29 is 0 Å². The Balaban J connectivity index is 2.83. The fourth-order valence-electron chi connectivity index (χ4n) is 2.18. The molecule has 1 fully saturated rings. The van der Waals surface area contributed by atoms with Crippen LogP contribution in [0.3, 0.4) is 0 Å². The molecule has 1 aliphatic rings. The second-order valence-corrected chi connectivity index (χ2v) is 9.89. The average Bonchev–Trinajstić information content (AvgIpc) is 2.04. The van der Waals surface area contributed by atoms with E-state index < -0.39 is 8.07 Å². The van der Waals surface area contributed by atoms with Gasteiger partial charge in [-0.1, -0.05) is 40.0 Å². The highest BCUT2D eigenvalue weighted by molar-refractivity contribution is 6.89. The molecule has 0 aromatic heterocycles. The van der Waals surface area contributed by atoms with Gasteiger partial charge in [-0.2, -0.15) is 0 Å². The standard InChI is InChI=1S/C10H19NSi/c1-10(2,3)12(9-11)7-5-4-6-8-12/h4-8H2,1-3H3. The molecular formula is C10H19NSi. The molecule has 68 valence electrons. The fraction of sp³-hybridized carbons (Fsp3) is 0.900. The predicted molar refractivity (Wildman–Crippen MR) is 54.5 cm³/mol. The van der Waals surface area contributed by atoms with Crippen molar-refractivity contribution in [1.29, 1.82) is 5.26 Å². The molecule has 0 spiro atoms. The minimum absolute atomic E-state index is 0.294. The third-order valence-corrected chi connectivity index (χ3v) is 9.07. The minimum atomic E-state index is -1.55. The van der Waals surface area contributed by atoms with Crippen LogP contribution in [-0.2, 0) is 0 Å². The molecule has 0 N–H and O–H groups in total. The van der Waals surface area contributed by atoms with Gasteiger partial charge >= 0.3 is 0 Å². The minimum Gasteiger partial charge on any atom is -0.207 e. The predicted octanol–water partition coefficient (Wildman–Crippen LogP) is 3.48. The van der Waals surface area contributed by atoms with Crippen molar-refractivity contribution >= 4 is 8.07 Å². The molecule has 0 unspecified atom stereocenters. The third kappa shape index (κ3) is 1.56. The fourth-order valence-corrected chi connectivity index (χ4v) is 6.20. The first-order valence-electron chi connectivity index (χ1n) is 4.93. The van der Waals surface area contributed by atoms with E-state index in [1.54, 1.807) is 0 Å². The summed E-state index contributed by atoms with van der Waals surface area (Å²) in [5.41, 5.74) is 2.70. The molecule has 1 heterocycles. The van der Waals surface area contributed by atoms with Crippen LogP contribution in [0.4, 0.5) is 0 Å². The monoisotopic (exact) mass is 181 g/mol. The van der Waals surface area contributed by atoms with Crippen molar-refractivity contribution in [3.05, 3.63) is 0 Å². The maximum absolute atomic E-state index is 9.29. The van der Waals surface area contributed by atoms with E-state index in [-0.39, 0.29) is 0 Å². The molecule has 2 heteroatoms. The van der Waals surface area contributed by atoms with Crippen molar-refractivity contribution in [2.24, 2.45) is 0 Å². The molecule has 1 nitrogen and oxygen atoms in total. The normalized spacial score (nSPS) is 23.2. The summed E-state index contributed by atoms with van der Waals surface area (Å²) in [6.45, 7) is 6.77. The molecule has 1 saturated heterocycles. The van der Waals surface area contributed by atoms with Crippen LogP contribution in [-0.4, -0.2) is 8.07 Å². The van der Waals surface area contributed by atoms with E-state index in [0.717, 1.165) is 0 Å². The van der Waals surface area contributed by atoms with E-state index in [1.165, 1.54) is 31.4 Å². The molecule has 1 rings (SSSR count). The van der Waals surface area contributed by atoms with Gasteiger partial charge in [0.2, 0.25) is 0 Å². The Hall–Kier alpha value is -0.293. The smallest absolute Gasteiger partial charge is 0.179 e. The maximum atomic E-state index is 9.29. The van der Waals surface area contributed by atoms with E-state index in [9.17, 15) is 5.26 Å². The topological polar surface area (TPSA) is 23.8 Å². The lowest BCUT2D eigenvalue weighted by Crippen LogP contribution is -2.44. The van der Waals surface area contributed by atoms with Crippen molar-refractivity contribution in [3.8, 4) is 5.69 Å². The van der Waals surface area contributed by atoms with Crippen LogP contribution < -0.4 is 0 Å². The van der Waals surface area contributed by atoms with Crippen LogP contribution in [0.2, 0.25) is 17.1 Å².